The van der Waals surface area contributed by atoms with Gasteiger partial charge in [0.15, 0.2) is 0 Å². The van der Waals surface area contributed by atoms with Gasteiger partial charge in [-0.05, 0) is 42.3 Å². The molecule has 0 aromatic heterocycles. The third-order valence-corrected chi connectivity index (χ3v) is 0. The van der Waals surface area contributed by atoms with E-state index in [1.54, 1.807) is 14.7 Å². The van der Waals surface area contributed by atoms with Crippen LogP contribution in [0.15, 0.2) is 0 Å². The van der Waals surface area contributed by atoms with E-state index in [1.165, 1.54) is 0 Å². The van der Waals surface area contributed by atoms with Crippen molar-refractivity contribution in [1.29, 1.82) is 0 Å². The number of rotatable bonds is 0. The molecule has 0 amide bonds. The fourth-order valence-electron chi connectivity index (χ4n) is 0. The van der Waals surface area contributed by atoms with Crippen LogP contribution >= 0.6 is 0 Å². The molecular formula is C11H30CrN3. The molecule has 15 heavy (non-hydrogen) atoms. The molecule has 0 heterocycles. The van der Waals surface area contributed by atoms with E-state index in [9.17, 15) is 0 Å². The van der Waals surface area contributed by atoms with Gasteiger partial charge in [0, 0.05) is 0 Å². The minimum Gasteiger partial charge on any atom is -0.464 e. The topological polar surface area (TPSA) is 9.72 Å². The van der Waals surface area contributed by atoms with Gasteiger partial charge in [-0.3, -0.25) is 21.1 Å². The third kappa shape index (κ3) is 13100. The molecular weight excluding hydrogens is 226 g/mol. The normalized spacial score (nSPS) is 7.60. The minimum atomic E-state index is 0. The Morgan fingerprint density at radius 1 is 0.533 bits per heavy atom. The molecule has 0 spiro atoms. The van der Waals surface area contributed by atoms with E-state index in [4.69, 9.17) is 0 Å². The summed E-state index contributed by atoms with van der Waals surface area (Å²) >= 11 is 0. The molecule has 0 aliphatic heterocycles. The maximum atomic E-state index is 3.47. The molecule has 0 N–H and O–H groups in total. The zero-order valence-corrected chi connectivity index (χ0v) is 13.1. The smallest absolute Gasteiger partial charge is 0.464 e. The molecule has 0 saturated carbocycles. The van der Waals surface area contributed by atoms with Gasteiger partial charge in [0.05, 0.1) is 0 Å². The zero-order chi connectivity index (χ0) is 12.7. The van der Waals surface area contributed by atoms with Gasteiger partial charge >= 0.3 is 17.4 Å². The zero-order valence-electron chi connectivity index (χ0n) is 11.9. The Morgan fingerprint density at radius 3 is 0.533 bits per heavy atom. The quantitative estimate of drug-likeness (QED) is 0.614. The van der Waals surface area contributed by atoms with Crippen LogP contribution in [0.3, 0.4) is 0 Å². The molecule has 0 aliphatic rings. The Morgan fingerprint density at radius 2 is 0.533 bits per heavy atom. The summed E-state index contributed by atoms with van der Waals surface area (Å²) in [6, 6.07) is 0. The predicted octanol–water partition coefficient (Wildman–Crippen LogP) is 2.04. The first-order chi connectivity index (χ1) is 6.20. The van der Waals surface area contributed by atoms with Crippen molar-refractivity contribution in [2.24, 2.45) is 0 Å². The van der Waals surface area contributed by atoms with Crippen LogP contribution in [0.2, 0.25) is 0 Å². The predicted molar refractivity (Wildman–Crippen MR) is 68.5 cm³/mol. The summed E-state index contributed by atoms with van der Waals surface area (Å²) in [6.45, 7) is 4.00. The van der Waals surface area contributed by atoms with Crippen molar-refractivity contribution in [3.8, 4) is 0 Å². The van der Waals surface area contributed by atoms with Crippen LogP contribution in [0.5, 0.6) is 0 Å². The average molecular weight is 256 g/mol. The first kappa shape index (κ1) is 29.5. The molecule has 0 unspecified atom stereocenters. The molecule has 0 saturated heterocycles. The van der Waals surface area contributed by atoms with Crippen LogP contribution in [0.25, 0.3) is 0 Å². The maximum absolute atomic E-state index is 3.47. The van der Waals surface area contributed by atoms with E-state index in [0.29, 0.717) is 0 Å². The largest absolute Gasteiger partial charge is 3.00 e. The summed E-state index contributed by atoms with van der Waals surface area (Å²) in [5.74, 6) is 0. The molecule has 3 nitrogen and oxygen atoms in total. The van der Waals surface area contributed by atoms with E-state index in [1.807, 2.05) is 56.1 Å². The van der Waals surface area contributed by atoms with E-state index >= 15 is 0 Å². The van der Waals surface area contributed by atoms with Crippen molar-refractivity contribution < 1.29 is 17.4 Å². The van der Waals surface area contributed by atoms with Gasteiger partial charge in [0.1, 0.15) is 0 Å². The summed E-state index contributed by atoms with van der Waals surface area (Å²) in [5, 5.41) is 0. The first-order valence-corrected chi connectivity index (χ1v) is 4.63. The molecule has 95 valence electrons. The van der Waals surface area contributed by atoms with Gasteiger partial charge in [-0.1, -0.05) is 13.8 Å². The van der Waals surface area contributed by atoms with Crippen molar-refractivity contribution in [3.05, 3.63) is 21.1 Å². The van der Waals surface area contributed by atoms with Crippen molar-refractivity contribution in [1.82, 2.24) is 14.7 Å². The molecule has 0 bridgehead atoms. The molecule has 0 atom stereocenters. The van der Waals surface area contributed by atoms with Crippen LogP contribution < -0.4 is 0 Å². The van der Waals surface area contributed by atoms with Crippen LogP contribution in [-0.4, -0.2) is 57.0 Å². The van der Waals surface area contributed by atoms with Crippen molar-refractivity contribution in [3.63, 3.8) is 0 Å². The Kier molecular flexibility index (Phi) is 57.6. The van der Waals surface area contributed by atoms with Gasteiger partial charge in [0.2, 0.25) is 0 Å². The van der Waals surface area contributed by atoms with E-state index in [2.05, 4.69) is 21.1 Å². The fourth-order valence-corrected chi connectivity index (χ4v) is 0. The summed E-state index contributed by atoms with van der Waals surface area (Å²) in [6.07, 6.45) is 0. The minimum absolute atomic E-state index is 0. The van der Waals surface area contributed by atoms with Crippen molar-refractivity contribution in [2.75, 3.05) is 42.3 Å². The van der Waals surface area contributed by atoms with Gasteiger partial charge in [-0.25, -0.2) is 0 Å². The van der Waals surface area contributed by atoms with Crippen LogP contribution in [0.1, 0.15) is 13.8 Å². The molecule has 0 aromatic rings. The third-order valence-electron chi connectivity index (χ3n) is 0. The standard InChI is InChI=1S/3C3H8N.C2H6.Cr/c3*1-4(2)3;1-2;/h3*1H2,2-3H3;1-2H3;/q3*-1;;+3. The fraction of sp³-hybridized carbons (Fsp3) is 0.727. The van der Waals surface area contributed by atoms with Gasteiger partial charge in [-0.2, -0.15) is 0 Å². The number of nitrogens with zero attached hydrogens (tertiary/aromatic N) is 3. The van der Waals surface area contributed by atoms with Gasteiger partial charge in [-0.15, -0.1) is 0 Å². The second-order valence-corrected chi connectivity index (χ2v) is 3.24. The second kappa shape index (κ2) is 29.3. The monoisotopic (exact) mass is 256 g/mol. The summed E-state index contributed by atoms with van der Waals surface area (Å²) in [5.41, 5.74) is 0. The van der Waals surface area contributed by atoms with E-state index in [-0.39, 0.29) is 17.4 Å². The Labute approximate surface area is 110 Å². The maximum Gasteiger partial charge on any atom is 3.00 e. The Balaban J connectivity index is -0.0000000298. The van der Waals surface area contributed by atoms with Crippen molar-refractivity contribution >= 4 is 0 Å². The van der Waals surface area contributed by atoms with Gasteiger partial charge < -0.3 is 14.7 Å². The first-order valence-electron chi connectivity index (χ1n) is 4.63. The van der Waals surface area contributed by atoms with Gasteiger partial charge in [0.25, 0.3) is 0 Å². The van der Waals surface area contributed by atoms with Crippen LogP contribution in [0.4, 0.5) is 0 Å². The average Bonchev–Trinajstić information content (AvgIpc) is 1.86. The molecule has 0 aromatic carbocycles. The summed E-state index contributed by atoms with van der Waals surface area (Å²) < 4.78 is 0. The summed E-state index contributed by atoms with van der Waals surface area (Å²) in [4.78, 5) is 5.25. The van der Waals surface area contributed by atoms with E-state index in [0.717, 1.165) is 0 Å². The number of hydrogen-bond donors (Lipinski definition) is 0. The molecule has 1 radical (unpaired) electrons. The number of hydrogen-bond acceptors (Lipinski definition) is 3. The van der Waals surface area contributed by atoms with E-state index < -0.39 is 0 Å². The Bertz CT molecular complexity index is 44.3. The van der Waals surface area contributed by atoms with Crippen molar-refractivity contribution in [2.45, 2.75) is 13.8 Å². The van der Waals surface area contributed by atoms with Crippen LogP contribution in [0, 0.1) is 21.1 Å². The molecule has 0 aliphatic carbocycles. The van der Waals surface area contributed by atoms with Crippen LogP contribution in [-0.2, 0) is 17.4 Å². The molecule has 4 heteroatoms. The molecule has 0 rings (SSSR count). The SMILES string of the molecule is CC.[CH2-]N(C)C.[CH2-]N(C)C.[CH2-]N(C)C.[Cr+3]. The summed E-state index contributed by atoms with van der Waals surface area (Å²) in [7, 11) is 21.8. The second-order valence-electron chi connectivity index (χ2n) is 3.24. The molecule has 0 fully saturated rings. The Hall–Kier alpha value is 0.412.